The second-order valence-electron chi connectivity index (χ2n) is 3.36. The summed E-state index contributed by atoms with van der Waals surface area (Å²) >= 11 is 0. The van der Waals surface area contributed by atoms with Gasteiger partial charge in [0.05, 0.1) is 5.69 Å². The van der Waals surface area contributed by atoms with Gasteiger partial charge in [-0.3, -0.25) is 0 Å². The number of amides is 1. The van der Waals surface area contributed by atoms with Gasteiger partial charge in [-0.1, -0.05) is 0 Å². The van der Waals surface area contributed by atoms with Crippen LogP contribution in [0.3, 0.4) is 0 Å². The predicted octanol–water partition coefficient (Wildman–Crippen LogP) is 2.31. The van der Waals surface area contributed by atoms with E-state index in [4.69, 9.17) is 5.11 Å². The van der Waals surface area contributed by atoms with Gasteiger partial charge in [-0.2, -0.15) is 0 Å². The van der Waals surface area contributed by atoms with Crippen LogP contribution in [0.1, 0.15) is 6.42 Å². The Kier molecular flexibility index (Phi) is 4.75. The number of halogens is 4. The summed E-state index contributed by atoms with van der Waals surface area (Å²) in [7, 11) is 0. The third-order valence-electron chi connectivity index (χ3n) is 2.05. The van der Waals surface area contributed by atoms with Crippen LogP contribution < -0.4 is 10.6 Å². The van der Waals surface area contributed by atoms with E-state index in [-0.39, 0.29) is 19.5 Å². The quantitative estimate of drug-likeness (QED) is 0.332. The number of benzene rings is 1. The second kappa shape index (κ2) is 6.08. The molecule has 1 amide bonds. The van der Waals surface area contributed by atoms with Crippen molar-refractivity contribution in [3.63, 3.8) is 0 Å². The number of hydrogen-bond donors (Lipinski definition) is 3. The fourth-order valence-corrected chi connectivity index (χ4v) is 1.21. The molecule has 1 rings (SSSR count). The van der Waals surface area contributed by atoms with Gasteiger partial charge in [0, 0.05) is 19.2 Å². The molecule has 8 heteroatoms. The van der Waals surface area contributed by atoms with Crippen molar-refractivity contribution < 1.29 is 27.5 Å². The summed E-state index contributed by atoms with van der Waals surface area (Å²) in [5, 5.41) is 12.6. The van der Waals surface area contributed by atoms with E-state index in [0.29, 0.717) is 6.07 Å². The van der Waals surface area contributed by atoms with Crippen molar-refractivity contribution in [2.24, 2.45) is 0 Å². The number of rotatable bonds is 5. The maximum Gasteiger partial charge on any atom is 0.404 e. The zero-order valence-electron chi connectivity index (χ0n) is 9.07. The minimum atomic E-state index is -1.89. The molecule has 0 bridgehead atoms. The average Bonchev–Trinajstić information content (AvgIpc) is 2.32. The van der Waals surface area contributed by atoms with E-state index in [1.54, 1.807) is 0 Å². The summed E-state index contributed by atoms with van der Waals surface area (Å²) in [5.74, 6) is -6.77. The fourth-order valence-electron chi connectivity index (χ4n) is 1.21. The Bertz CT molecular complexity index is 454. The lowest BCUT2D eigenvalue weighted by Crippen LogP contribution is -2.23. The lowest BCUT2D eigenvalue weighted by atomic mass is 10.2. The molecule has 0 aliphatic heterocycles. The van der Waals surface area contributed by atoms with E-state index < -0.39 is 35.0 Å². The lowest BCUT2D eigenvalue weighted by Gasteiger charge is -2.09. The number of nitrogens with one attached hydrogen (secondary N) is 2. The zero-order chi connectivity index (χ0) is 13.7. The first-order chi connectivity index (χ1) is 8.43. The second-order valence-corrected chi connectivity index (χ2v) is 3.36. The number of carboxylic acid groups (broad SMARTS) is 1. The molecular formula is C10H10F4N2O2. The monoisotopic (exact) mass is 266 g/mol. The highest BCUT2D eigenvalue weighted by Crippen LogP contribution is 2.22. The highest BCUT2D eigenvalue weighted by atomic mass is 19.2. The summed E-state index contributed by atoms with van der Waals surface area (Å²) < 4.78 is 51.3. The van der Waals surface area contributed by atoms with Crippen LogP contribution in [0.5, 0.6) is 0 Å². The zero-order valence-corrected chi connectivity index (χ0v) is 9.07. The Labute approximate surface area is 99.6 Å². The molecule has 0 aliphatic rings. The van der Waals surface area contributed by atoms with Crippen LogP contribution in [0.25, 0.3) is 0 Å². The molecule has 0 fully saturated rings. The predicted molar refractivity (Wildman–Crippen MR) is 55.4 cm³/mol. The van der Waals surface area contributed by atoms with Gasteiger partial charge >= 0.3 is 6.09 Å². The van der Waals surface area contributed by atoms with Gasteiger partial charge in [0.15, 0.2) is 23.3 Å². The highest BCUT2D eigenvalue weighted by Gasteiger charge is 2.18. The molecule has 3 N–H and O–H groups in total. The first-order valence-corrected chi connectivity index (χ1v) is 4.97. The number of anilines is 1. The molecule has 0 spiro atoms. The van der Waals surface area contributed by atoms with Gasteiger partial charge < -0.3 is 15.7 Å². The van der Waals surface area contributed by atoms with E-state index in [1.807, 2.05) is 0 Å². The first kappa shape index (κ1) is 14.1. The Hall–Kier alpha value is -1.99. The van der Waals surface area contributed by atoms with Crippen LogP contribution in [0, 0.1) is 23.3 Å². The SMILES string of the molecule is O=C(O)NCCCNc1cc(F)c(F)c(F)c1F. The normalized spacial score (nSPS) is 10.2. The Balaban J connectivity index is 2.55. The van der Waals surface area contributed by atoms with Crippen molar-refractivity contribution >= 4 is 11.8 Å². The summed E-state index contributed by atoms with van der Waals surface area (Å²) in [4.78, 5) is 10.1. The largest absolute Gasteiger partial charge is 0.465 e. The first-order valence-electron chi connectivity index (χ1n) is 4.97. The van der Waals surface area contributed by atoms with Gasteiger partial charge in [0.25, 0.3) is 0 Å². The third kappa shape index (κ3) is 3.51. The molecule has 1 aromatic carbocycles. The van der Waals surface area contributed by atoms with Crippen LogP contribution in [0.4, 0.5) is 28.0 Å². The minimum absolute atomic E-state index is 0.0711. The molecule has 0 atom stereocenters. The number of carbonyl (C=O) groups is 1. The molecule has 0 radical (unpaired) electrons. The van der Waals surface area contributed by atoms with Crippen molar-refractivity contribution in [3.8, 4) is 0 Å². The van der Waals surface area contributed by atoms with Gasteiger partial charge in [-0.05, 0) is 6.42 Å². The van der Waals surface area contributed by atoms with E-state index in [1.165, 1.54) is 0 Å². The van der Waals surface area contributed by atoms with Crippen molar-refractivity contribution in [2.45, 2.75) is 6.42 Å². The maximum atomic E-state index is 13.1. The van der Waals surface area contributed by atoms with Gasteiger partial charge in [0.2, 0.25) is 0 Å². The van der Waals surface area contributed by atoms with Crippen molar-refractivity contribution in [1.82, 2.24) is 5.32 Å². The third-order valence-corrected chi connectivity index (χ3v) is 2.05. The smallest absolute Gasteiger partial charge is 0.404 e. The molecule has 0 aliphatic carbocycles. The Morgan fingerprint density at radius 2 is 1.78 bits per heavy atom. The summed E-state index contributed by atoms with van der Waals surface area (Å²) in [5.41, 5.74) is -0.512. The van der Waals surface area contributed by atoms with Crippen molar-refractivity contribution in [1.29, 1.82) is 0 Å². The summed E-state index contributed by atoms with van der Waals surface area (Å²) in [6.07, 6.45) is -0.938. The van der Waals surface area contributed by atoms with Crippen LogP contribution in [-0.4, -0.2) is 24.3 Å². The van der Waals surface area contributed by atoms with Crippen LogP contribution in [0.2, 0.25) is 0 Å². The summed E-state index contributed by atoms with van der Waals surface area (Å²) in [6, 6.07) is 0.498. The molecule has 18 heavy (non-hydrogen) atoms. The molecule has 0 saturated carbocycles. The molecular weight excluding hydrogens is 256 g/mol. The van der Waals surface area contributed by atoms with Gasteiger partial charge in [0.1, 0.15) is 0 Å². The molecule has 0 aromatic heterocycles. The minimum Gasteiger partial charge on any atom is -0.465 e. The number of hydrogen-bond acceptors (Lipinski definition) is 2. The van der Waals surface area contributed by atoms with E-state index in [0.717, 1.165) is 0 Å². The molecule has 100 valence electrons. The van der Waals surface area contributed by atoms with Gasteiger partial charge in [-0.15, -0.1) is 0 Å². The molecule has 0 saturated heterocycles. The van der Waals surface area contributed by atoms with E-state index in [2.05, 4.69) is 10.6 Å². The van der Waals surface area contributed by atoms with E-state index >= 15 is 0 Å². The molecule has 0 heterocycles. The standard InChI is InChI=1S/C10H10F4N2O2/c11-5-4-6(8(13)9(14)7(5)12)15-2-1-3-16-10(17)18/h4,15-16H,1-3H2,(H,17,18). The van der Waals surface area contributed by atoms with Crippen molar-refractivity contribution in [3.05, 3.63) is 29.3 Å². The fraction of sp³-hybridized carbons (Fsp3) is 0.300. The Morgan fingerprint density at radius 1 is 1.11 bits per heavy atom. The Morgan fingerprint density at radius 3 is 2.39 bits per heavy atom. The van der Waals surface area contributed by atoms with E-state index in [9.17, 15) is 22.4 Å². The molecule has 4 nitrogen and oxygen atoms in total. The lowest BCUT2D eigenvalue weighted by molar-refractivity contribution is 0.194. The van der Waals surface area contributed by atoms with Crippen LogP contribution in [-0.2, 0) is 0 Å². The molecule has 1 aromatic rings. The highest BCUT2D eigenvalue weighted by molar-refractivity contribution is 5.64. The van der Waals surface area contributed by atoms with Gasteiger partial charge in [-0.25, -0.2) is 22.4 Å². The maximum absolute atomic E-state index is 13.1. The topological polar surface area (TPSA) is 61.4 Å². The average molecular weight is 266 g/mol. The van der Waals surface area contributed by atoms with Crippen LogP contribution in [0.15, 0.2) is 6.07 Å². The molecule has 0 unspecified atom stereocenters. The van der Waals surface area contributed by atoms with Crippen molar-refractivity contribution in [2.75, 3.05) is 18.4 Å². The van der Waals surface area contributed by atoms with Crippen LogP contribution >= 0.6 is 0 Å². The summed E-state index contributed by atoms with van der Waals surface area (Å²) in [6.45, 7) is 0.165.